The molecule has 0 amide bonds. The number of pyridine rings is 3. The van der Waals surface area contributed by atoms with E-state index in [0.29, 0.717) is 17.0 Å². The lowest BCUT2D eigenvalue weighted by atomic mass is 10.0. The van der Waals surface area contributed by atoms with Crippen LogP contribution in [0.3, 0.4) is 0 Å². The van der Waals surface area contributed by atoms with Crippen molar-refractivity contribution in [2.75, 3.05) is 0 Å². The molecule has 0 saturated carbocycles. The zero-order chi connectivity index (χ0) is 27.6. The zero-order valence-corrected chi connectivity index (χ0v) is 20.9. The first-order valence-corrected chi connectivity index (χ1v) is 12.3. The van der Waals surface area contributed by atoms with Crippen molar-refractivity contribution in [3.8, 4) is 34.6 Å². The van der Waals surface area contributed by atoms with Gasteiger partial charge in [0, 0.05) is 23.5 Å². The lowest BCUT2D eigenvalue weighted by Crippen LogP contribution is -2.02. The highest BCUT2D eigenvalue weighted by Crippen LogP contribution is 2.25. The smallest absolute Gasteiger partial charge is 0.335 e. The largest absolute Gasteiger partial charge is 0.478 e. The number of carboxylic acid groups (broad SMARTS) is 2. The number of aromatic nitrogens is 3. The number of fused-ring (bicyclic) bond motifs is 2. The fourth-order valence-corrected chi connectivity index (χ4v) is 4.43. The Bertz CT molecular complexity index is 2040. The van der Waals surface area contributed by atoms with Gasteiger partial charge in [-0.05, 0) is 82.2 Å². The molecule has 7 nitrogen and oxygen atoms in total. The fourth-order valence-electron chi connectivity index (χ4n) is 4.43. The molecule has 0 unspecified atom stereocenters. The summed E-state index contributed by atoms with van der Waals surface area (Å²) in [5, 5.41) is 23.6. The van der Waals surface area contributed by atoms with E-state index in [2.05, 4.69) is 63.2 Å². The highest BCUT2D eigenvalue weighted by atomic mass is 16.4. The molecule has 0 aliphatic carbocycles. The summed E-state index contributed by atoms with van der Waals surface area (Å²) in [4.78, 5) is 36.4. The van der Waals surface area contributed by atoms with Crippen molar-refractivity contribution < 1.29 is 19.8 Å². The summed E-state index contributed by atoms with van der Waals surface area (Å²) < 4.78 is 0. The van der Waals surface area contributed by atoms with Gasteiger partial charge in [-0.25, -0.2) is 14.6 Å². The van der Waals surface area contributed by atoms with Crippen LogP contribution in [0.2, 0.25) is 0 Å². The number of hydrogen-bond donors (Lipinski definition) is 2. The predicted molar refractivity (Wildman–Crippen MR) is 152 cm³/mol. The topological polar surface area (TPSA) is 113 Å². The normalized spacial score (nSPS) is 10.7. The van der Waals surface area contributed by atoms with Crippen molar-refractivity contribution >= 4 is 33.5 Å². The van der Waals surface area contributed by atoms with Gasteiger partial charge < -0.3 is 10.2 Å². The van der Waals surface area contributed by atoms with E-state index in [4.69, 9.17) is 0 Å². The minimum Gasteiger partial charge on any atom is -0.478 e. The Morgan fingerprint density at radius 3 is 1.75 bits per heavy atom. The number of aromatic carboxylic acids is 2. The molecule has 2 N–H and O–H groups in total. The van der Waals surface area contributed by atoms with Gasteiger partial charge in [-0.1, -0.05) is 42.2 Å². The Morgan fingerprint density at radius 1 is 0.525 bits per heavy atom. The summed E-state index contributed by atoms with van der Waals surface area (Å²) in [6.07, 6.45) is 2.93. The van der Waals surface area contributed by atoms with Gasteiger partial charge in [0.1, 0.15) is 0 Å². The number of carboxylic acids is 2. The maximum atomic E-state index is 11.8. The Labute approximate surface area is 228 Å². The summed E-state index contributed by atoms with van der Waals surface area (Å²) in [6.45, 7) is 0. The minimum absolute atomic E-state index is 0.0198. The SMILES string of the molecule is O=C(O)c1ccnc(-c2cc(C(=O)O)cc(-c3cc(C#Cc4ccc5cc6ccccc6cc5c4)ccn3)n2)c1. The van der Waals surface area contributed by atoms with Crippen molar-refractivity contribution in [3.05, 3.63) is 126 Å². The number of carbonyl (C=O) groups is 2. The Morgan fingerprint density at radius 2 is 1.07 bits per heavy atom. The van der Waals surface area contributed by atoms with E-state index in [9.17, 15) is 19.8 Å². The van der Waals surface area contributed by atoms with Crippen molar-refractivity contribution in [3.63, 3.8) is 0 Å². The fraction of sp³-hybridized carbons (Fsp3) is 0. The van der Waals surface area contributed by atoms with Gasteiger partial charge >= 0.3 is 11.9 Å². The lowest BCUT2D eigenvalue weighted by Gasteiger charge is -2.07. The van der Waals surface area contributed by atoms with Gasteiger partial charge in [-0.3, -0.25) is 9.97 Å². The average molecular weight is 522 g/mol. The molecule has 6 rings (SSSR count). The molecule has 3 aromatic carbocycles. The Hall–Kier alpha value is -5.87. The van der Waals surface area contributed by atoms with E-state index in [1.807, 2.05) is 18.2 Å². The third-order valence-electron chi connectivity index (χ3n) is 6.42. The van der Waals surface area contributed by atoms with Crippen molar-refractivity contribution in [1.29, 1.82) is 0 Å². The van der Waals surface area contributed by atoms with Crippen LogP contribution in [0, 0.1) is 11.8 Å². The molecule has 3 aromatic heterocycles. The van der Waals surface area contributed by atoms with E-state index in [0.717, 1.165) is 16.3 Å². The molecule has 0 aliphatic rings. The quantitative estimate of drug-likeness (QED) is 0.206. The van der Waals surface area contributed by atoms with Crippen molar-refractivity contribution in [2.45, 2.75) is 0 Å². The summed E-state index contributed by atoms with van der Waals surface area (Å²) in [5.41, 5.74) is 2.73. The van der Waals surface area contributed by atoms with E-state index >= 15 is 0 Å². The van der Waals surface area contributed by atoms with Crippen molar-refractivity contribution in [2.24, 2.45) is 0 Å². The summed E-state index contributed by atoms with van der Waals surface area (Å²) in [5.74, 6) is 4.10. The van der Waals surface area contributed by atoms with Crippen LogP contribution in [0.5, 0.6) is 0 Å². The molecule has 0 fully saturated rings. The molecule has 0 spiro atoms. The van der Waals surface area contributed by atoms with Gasteiger partial charge in [-0.15, -0.1) is 0 Å². The van der Waals surface area contributed by atoms with Crippen LogP contribution in [-0.4, -0.2) is 37.1 Å². The molecular weight excluding hydrogens is 502 g/mol. The van der Waals surface area contributed by atoms with Crippen molar-refractivity contribution in [1.82, 2.24) is 15.0 Å². The van der Waals surface area contributed by atoms with Gasteiger partial charge in [0.05, 0.1) is 33.9 Å². The number of benzene rings is 3. The Kier molecular flexibility index (Phi) is 6.19. The molecule has 0 atom stereocenters. The first-order chi connectivity index (χ1) is 19.4. The van der Waals surface area contributed by atoms with E-state index in [-0.39, 0.29) is 22.5 Å². The molecule has 40 heavy (non-hydrogen) atoms. The molecule has 0 bridgehead atoms. The number of rotatable bonds is 4. The molecule has 7 heteroatoms. The Balaban J connectivity index is 1.36. The van der Waals surface area contributed by atoms with Crippen LogP contribution >= 0.6 is 0 Å². The molecule has 0 radical (unpaired) electrons. The van der Waals surface area contributed by atoms with Crippen LogP contribution in [0.4, 0.5) is 0 Å². The molecule has 3 heterocycles. The monoisotopic (exact) mass is 521 g/mol. The van der Waals surface area contributed by atoms with Crippen LogP contribution < -0.4 is 0 Å². The van der Waals surface area contributed by atoms with Crippen LogP contribution in [0.25, 0.3) is 44.3 Å². The van der Waals surface area contributed by atoms with Crippen LogP contribution in [-0.2, 0) is 0 Å². The van der Waals surface area contributed by atoms with Crippen LogP contribution in [0.15, 0.2) is 103 Å². The first kappa shape index (κ1) is 24.5. The molecular formula is C33H19N3O4. The van der Waals surface area contributed by atoms with Gasteiger partial charge in [0.2, 0.25) is 0 Å². The minimum atomic E-state index is -1.15. The van der Waals surface area contributed by atoms with Crippen LogP contribution in [0.1, 0.15) is 31.8 Å². The van der Waals surface area contributed by atoms with Gasteiger partial charge in [0.25, 0.3) is 0 Å². The molecule has 0 aliphatic heterocycles. The molecule has 6 aromatic rings. The second kappa shape index (κ2) is 10.1. The third-order valence-corrected chi connectivity index (χ3v) is 6.42. The number of hydrogen-bond acceptors (Lipinski definition) is 5. The lowest BCUT2D eigenvalue weighted by molar-refractivity contribution is 0.0686. The maximum absolute atomic E-state index is 11.8. The van der Waals surface area contributed by atoms with E-state index < -0.39 is 11.9 Å². The summed E-state index contributed by atoms with van der Waals surface area (Å²) >= 11 is 0. The predicted octanol–water partition coefficient (Wildman–Crippen LogP) is 6.31. The average Bonchev–Trinajstić information content (AvgIpc) is 2.98. The second-order valence-electron chi connectivity index (χ2n) is 9.11. The maximum Gasteiger partial charge on any atom is 0.335 e. The standard InChI is InChI=1S/C33H19N3O4/c37-32(38)25-10-12-35-29(17-25)31-19-27(33(39)40)18-30(36-31)28-14-21(9-11-34-28)6-5-20-7-8-24-15-22-3-1-2-4-23(22)16-26(24)13-20/h1-4,7-19H,(H,37,38)(H,39,40). The molecule has 0 saturated heterocycles. The highest BCUT2D eigenvalue weighted by molar-refractivity contribution is 5.98. The highest BCUT2D eigenvalue weighted by Gasteiger charge is 2.14. The van der Waals surface area contributed by atoms with E-state index in [1.54, 1.807) is 18.3 Å². The summed E-state index contributed by atoms with van der Waals surface area (Å²) in [7, 11) is 0. The number of nitrogens with zero attached hydrogens (tertiary/aromatic N) is 3. The zero-order valence-electron chi connectivity index (χ0n) is 20.9. The summed E-state index contributed by atoms with van der Waals surface area (Å²) in [6, 6.07) is 27.6. The second-order valence-corrected chi connectivity index (χ2v) is 9.11. The first-order valence-electron chi connectivity index (χ1n) is 12.3. The van der Waals surface area contributed by atoms with Gasteiger partial charge in [0.15, 0.2) is 0 Å². The molecule has 190 valence electrons. The third kappa shape index (κ3) is 4.97. The van der Waals surface area contributed by atoms with E-state index in [1.165, 1.54) is 41.2 Å². The van der Waals surface area contributed by atoms with Gasteiger partial charge in [-0.2, -0.15) is 0 Å².